The van der Waals surface area contributed by atoms with E-state index in [4.69, 9.17) is 5.73 Å². The molecule has 124 valence electrons. The van der Waals surface area contributed by atoms with Gasteiger partial charge in [0.15, 0.2) is 0 Å². The van der Waals surface area contributed by atoms with Crippen LogP contribution in [0.5, 0.6) is 0 Å². The van der Waals surface area contributed by atoms with E-state index in [2.05, 4.69) is 27.0 Å². The Morgan fingerprint density at radius 3 is 2.36 bits per heavy atom. The molecule has 0 saturated heterocycles. The third-order valence-electron chi connectivity index (χ3n) is 3.97. The van der Waals surface area contributed by atoms with E-state index in [1.165, 1.54) is 0 Å². The van der Waals surface area contributed by atoms with Crippen LogP contribution in [-0.2, 0) is 0 Å². The zero-order valence-electron chi connectivity index (χ0n) is 14.0. The topological polar surface area (TPSA) is 65.9 Å². The molecular weight excluding hydrogens is 376 g/mol. The number of pyridine rings is 1. The minimum Gasteiger partial charge on any atom is -0.383 e. The Morgan fingerprint density at radius 1 is 1.04 bits per heavy atom. The molecule has 0 fully saturated rings. The van der Waals surface area contributed by atoms with Gasteiger partial charge in [0.05, 0.1) is 5.69 Å². The molecule has 1 heterocycles. The average molecular weight is 393 g/mol. The highest BCUT2D eigenvalue weighted by Gasteiger charge is 2.13. The summed E-state index contributed by atoms with van der Waals surface area (Å²) in [7, 11) is 3.98. The Kier molecular flexibility index (Phi) is 4.73. The van der Waals surface area contributed by atoms with E-state index >= 15 is 0 Å². The van der Waals surface area contributed by atoms with Crippen LogP contribution in [0, 0.1) is 11.3 Å². The van der Waals surface area contributed by atoms with Crippen LogP contribution in [0.1, 0.15) is 5.56 Å². The Morgan fingerprint density at radius 2 is 1.76 bits per heavy atom. The lowest BCUT2D eigenvalue weighted by molar-refractivity contribution is 1.13. The molecule has 0 aliphatic rings. The summed E-state index contributed by atoms with van der Waals surface area (Å²) in [5.74, 6) is 0.242. The quantitative estimate of drug-likeness (QED) is 0.701. The van der Waals surface area contributed by atoms with E-state index in [9.17, 15) is 5.26 Å². The van der Waals surface area contributed by atoms with Gasteiger partial charge in [0.2, 0.25) is 0 Å². The summed E-state index contributed by atoms with van der Waals surface area (Å²) in [5, 5.41) is 9.52. The van der Waals surface area contributed by atoms with Crippen LogP contribution in [0.25, 0.3) is 22.4 Å². The van der Waals surface area contributed by atoms with Crippen LogP contribution < -0.4 is 10.6 Å². The molecule has 2 aromatic carbocycles. The van der Waals surface area contributed by atoms with Crippen molar-refractivity contribution in [3.63, 3.8) is 0 Å². The molecule has 5 heteroatoms. The largest absolute Gasteiger partial charge is 0.383 e. The number of rotatable bonds is 3. The fourth-order valence-corrected chi connectivity index (χ4v) is 3.04. The third kappa shape index (κ3) is 3.49. The minimum atomic E-state index is 0.242. The molecule has 0 bridgehead atoms. The van der Waals surface area contributed by atoms with Crippen molar-refractivity contribution in [2.75, 3.05) is 24.7 Å². The first-order valence-electron chi connectivity index (χ1n) is 7.74. The molecule has 0 spiro atoms. The normalized spacial score (nSPS) is 10.3. The lowest BCUT2D eigenvalue weighted by Gasteiger charge is -2.14. The lowest BCUT2D eigenvalue weighted by Crippen LogP contribution is -2.08. The molecule has 0 radical (unpaired) electrons. The van der Waals surface area contributed by atoms with Gasteiger partial charge in [-0.15, -0.1) is 0 Å². The maximum absolute atomic E-state index is 9.52. The maximum Gasteiger partial charge on any atom is 0.142 e. The molecule has 1 aromatic heterocycles. The minimum absolute atomic E-state index is 0.242. The number of hydrogen-bond acceptors (Lipinski definition) is 4. The van der Waals surface area contributed by atoms with Gasteiger partial charge in [0.25, 0.3) is 0 Å². The SMILES string of the molecule is CN(C)c1ccc(-c2cc(-c3cccc(Br)c3)nc(N)c2C#N)cc1. The summed E-state index contributed by atoms with van der Waals surface area (Å²) in [6, 6.07) is 20.0. The highest BCUT2D eigenvalue weighted by atomic mass is 79.9. The van der Waals surface area contributed by atoms with Gasteiger partial charge in [-0.2, -0.15) is 5.26 Å². The molecule has 0 atom stereocenters. The predicted octanol–water partition coefficient (Wildman–Crippen LogP) is 4.70. The summed E-state index contributed by atoms with van der Waals surface area (Å²) in [5.41, 5.74) is 11.0. The van der Waals surface area contributed by atoms with E-state index in [1.54, 1.807) is 0 Å². The molecule has 0 saturated carbocycles. The number of nitrogens with two attached hydrogens (primary N) is 1. The maximum atomic E-state index is 9.52. The summed E-state index contributed by atoms with van der Waals surface area (Å²) >= 11 is 3.47. The monoisotopic (exact) mass is 392 g/mol. The van der Waals surface area contributed by atoms with Crippen molar-refractivity contribution in [3.8, 4) is 28.5 Å². The Bertz CT molecular complexity index is 956. The Hall–Kier alpha value is -2.84. The smallest absolute Gasteiger partial charge is 0.142 e. The van der Waals surface area contributed by atoms with Gasteiger partial charge in [-0.25, -0.2) is 4.98 Å². The van der Waals surface area contributed by atoms with Crippen molar-refractivity contribution >= 4 is 27.4 Å². The third-order valence-corrected chi connectivity index (χ3v) is 4.47. The highest BCUT2D eigenvalue weighted by Crippen LogP contribution is 2.32. The second-order valence-corrected chi connectivity index (χ2v) is 6.79. The number of anilines is 2. The number of aromatic nitrogens is 1. The molecular formula is C20H17BrN4. The van der Waals surface area contributed by atoms with Crippen LogP contribution in [0.2, 0.25) is 0 Å². The molecule has 3 aromatic rings. The van der Waals surface area contributed by atoms with Crippen LogP contribution in [-0.4, -0.2) is 19.1 Å². The molecule has 0 aliphatic carbocycles. The van der Waals surface area contributed by atoms with Gasteiger partial charge in [-0.3, -0.25) is 0 Å². The molecule has 4 nitrogen and oxygen atoms in total. The first-order chi connectivity index (χ1) is 12.0. The van der Waals surface area contributed by atoms with E-state index in [1.807, 2.05) is 73.6 Å². The van der Waals surface area contributed by atoms with Gasteiger partial charge in [0.1, 0.15) is 17.5 Å². The fraction of sp³-hybridized carbons (Fsp3) is 0.100. The van der Waals surface area contributed by atoms with Crippen molar-refractivity contribution in [2.45, 2.75) is 0 Å². The van der Waals surface area contributed by atoms with Crippen LogP contribution in [0.3, 0.4) is 0 Å². The Balaban J connectivity index is 2.16. The zero-order chi connectivity index (χ0) is 18.0. The summed E-state index contributed by atoms with van der Waals surface area (Å²) in [6.07, 6.45) is 0. The van der Waals surface area contributed by atoms with Crippen LogP contribution in [0.4, 0.5) is 11.5 Å². The van der Waals surface area contributed by atoms with E-state index in [0.29, 0.717) is 5.56 Å². The van der Waals surface area contributed by atoms with Crippen molar-refractivity contribution in [1.82, 2.24) is 4.98 Å². The van der Waals surface area contributed by atoms with Gasteiger partial charge in [-0.1, -0.05) is 40.2 Å². The van der Waals surface area contributed by atoms with E-state index < -0.39 is 0 Å². The number of nitriles is 1. The van der Waals surface area contributed by atoms with Gasteiger partial charge < -0.3 is 10.6 Å². The van der Waals surface area contributed by atoms with Crippen molar-refractivity contribution in [2.24, 2.45) is 0 Å². The number of hydrogen-bond donors (Lipinski definition) is 1. The van der Waals surface area contributed by atoms with Crippen molar-refractivity contribution in [1.29, 1.82) is 5.26 Å². The summed E-state index contributed by atoms with van der Waals surface area (Å²) in [6.45, 7) is 0. The molecule has 0 amide bonds. The highest BCUT2D eigenvalue weighted by molar-refractivity contribution is 9.10. The van der Waals surface area contributed by atoms with Crippen LogP contribution in [0.15, 0.2) is 59.1 Å². The fourth-order valence-electron chi connectivity index (χ4n) is 2.64. The van der Waals surface area contributed by atoms with Crippen molar-refractivity contribution < 1.29 is 0 Å². The number of halogens is 1. The molecule has 3 rings (SSSR count). The molecule has 25 heavy (non-hydrogen) atoms. The standard InChI is InChI=1S/C20H17BrN4/c1-25(2)16-8-6-13(7-9-16)17-11-19(24-20(23)18(17)12-22)14-4-3-5-15(21)10-14/h3-11H,1-2H3,(H2,23,24). The van der Waals surface area contributed by atoms with Crippen LogP contribution >= 0.6 is 15.9 Å². The second-order valence-electron chi connectivity index (χ2n) is 5.88. The van der Waals surface area contributed by atoms with Crippen molar-refractivity contribution in [3.05, 3.63) is 64.6 Å². The lowest BCUT2D eigenvalue weighted by atomic mass is 9.98. The summed E-state index contributed by atoms with van der Waals surface area (Å²) < 4.78 is 0.964. The number of benzene rings is 2. The van der Waals surface area contributed by atoms with E-state index in [0.717, 1.165) is 32.5 Å². The van der Waals surface area contributed by atoms with Gasteiger partial charge >= 0.3 is 0 Å². The van der Waals surface area contributed by atoms with Gasteiger partial charge in [0, 0.05) is 35.4 Å². The van der Waals surface area contributed by atoms with E-state index in [-0.39, 0.29) is 5.82 Å². The second kappa shape index (κ2) is 6.96. The number of nitrogen functional groups attached to an aromatic ring is 1. The molecule has 0 aliphatic heterocycles. The first kappa shape index (κ1) is 17.0. The Labute approximate surface area is 155 Å². The van der Waals surface area contributed by atoms with Gasteiger partial charge in [-0.05, 0) is 35.9 Å². The molecule has 2 N–H and O–H groups in total. The predicted molar refractivity (Wildman–Crippen MR) is 106 cm³/mol. The number of nitrogens with zero attached hydrogens (tertiary/aromatic N) is 3. The first-order valence-corrected chi connectivity index (χ1v) is 8.53. The average Bonchev–Trinajstić information content (AvgIpc) is 2.61. The zero-order valence-corrected chi connectivity index (χ0v) is 15.6. The molecule has 0 unspecified atom stereocenters. The summed E-state index contributed by atoms with van der Waals surface area (Å²) in [4.78, 5) is 6.44.